The third-order valence-corrected chi connectivity index (χ3v) is 8.10. The van der Waals surface area contributed by atoms with E-state index >= 15 is 0 Å². The Morgan fingerprint density at radius 2 is 1.92 bits per heavy atom. The molecule has 0 aromatic carbocycles. The summed E-state index contributed by atoms with van der Waals surface area (Å²) >= 11 is 1.54. The highest BCUT2D eigenvalue weighted by molar-refractivity contribution is 7.09. The van der Waals surface area contributed by atoms with Crippen molar-refractivity contribution in [3.8, 4) is 0 Å². The molecule has 36 heavy (non-hydrogen) atoms. The van der Waals surface area contributed by atoms with Crippen LogP contribution < -0.4 is 0 Å². The quantitative estimate of drug-likeness (QED) is 0.431. The van der Waals surface area contributed by atoms with Crippen molar-refractivity contribution >= 4 is 29.2 Å². The SMILES string of the molecule is COC1/C=C(/C)CCC[C@H](C)[C@H](O)[C@@H](C)C(=O)C(C)(C)[C@@H](O)CC(=O)O[C@@H]1/C(C)=C/c1csc(C)n1. The molecule has 2 rings (SSSR count). The molecule has 0 spiro atoms. The summed E-state index contributed by atoms with van der Waals surface area (Å²) in [6.07, 6.45) is 2.53. The van der Waals surface area contributed by atoms with Crippen LogP contribution in [0.15, 0.2) is 22.6 Å². The van der Waals surface area contributed by atoms with Crippen LogP contribution in [0.2, 0.25) is 0 Å². The van der Waals surface area contributed by atoms with Crippen LogP contribution in [-0.2, 0) is 19.1 Å². The number of esters is 1. The lowest BCUT2D eigenvalue weighted by Gasteiger charge is -2.34. The lowest BCUT2D eigenvalue weighted by atomic mass is 9.73. The van der Waals surface area contributed by atoms with Crippen LogP contribution in [0.3, 0.4) is 0 Å². The summed E-state index contributed by atoms with van der Waals surface area (Å²) in [5.41, 5.74) is 1.40. The first-order valence-corrected chi connectivity index (χ1v) is 13.6. The van der Waals surface area contributed by atoms with Gasteiger partial charge in [0.15, 0.2) is 6.10 Å². The van der Waals surface area contributed by atoms with Gasteiger partial charge in [-0.2, -0.15) is 0 Å². The summed E-state index contributed by atoms with van der Waals surface area (Å²) in [4.78, 5) is 30.8. The molecule has 0 bridgehead atoms. The molecule has 1 aromatic rings. The molecule has 8 heteroatoms. The number of carbonyl (C=O) groups excluding carboxylic acids is 2. The number of aryl methyl sites for hydroxylation is 1. The molecule has 0 saturated heterocycles. The summed E-state index contributed by atoms with van der Waals surface area (Å²) in [6.45, 7) is 12.7. The summed E-state index contributed by atoms with van der Waals surface area (Å²) in [5, 5.41) is 24.6. The number of methoxy groups -OCH3 is 1. The molecule has 1 aliphatic heterocycles. The van der Waals surface area contributed by atoms with E-state index in [1.54, 1.807) is 27.9 Å². The predicted molar refractivity (Wildman–Crippen MR) is 143 cm³/mol. The second-order valence-corrected chi connectivity index (χ2v) is 11.8. The second-order valence-electron chi connectivity index (χ2n) is 10.8. The number of carbonyl (C=O) groups is 2. The summed E-state index contributed by atoms with van der Waals surface area (Å²) < 4.78 is 11.6. The first-order valence-electron chi connectivity index (χ1n) is 12.7. The number of aliphatic hydroxyl groups excluding tert-OH is 2. The Balaban J connectivity index is 2.45. The average Bonchev–Trinajstić information content (AvgIpc) is 3.22. The van der Waals surface area contributed by atoms with Crippen molar-refractivity contribution in [3.63, 3.8) is 0 Å². The molecule has 7 nitrogen and oxygen atoms in total. The van der Waals surface area contributed by atoms with Gasteiger partial charge in [-0.1, -0.05) is 39.3 Å². The zero-order valence-corrected chi connectivity index (χ0v) is 23.7. The maximum atomic E-state index is 13.2. The number of Topliss-reactive ketones (excluding diaryl/α,β-unsaturated/α-hetero) is 1. The van der Waals surface area contributed by atoms with Crippen molar-refractivity contribution in [2.24, 2.45) is 17.3 Å². The standard InChI is InChI=1S/C28H43NO6S/c1-16-10-9-11-17(2)25(32)19(4)27(33)28(6,7)23(30)14-24(31)35-26(22(12-16)34-8)18(3)13-21-15-36-20(5)29-21/h12-13,15,17,19,22-23,25-26,30,32H,9-11,14H2,1-8H3/b16-12-,18-13+/t17-,19+,22?,23-,25-,26+/m0/s1. The number of hydrogen-bond acceptors (Lipinski definition) is 8. The molecular weight excluding hydrogens is 478 g/mol. The van der Waals surface area contributed by atoms with Crippen molar-refractivity contribution in [1.82, 2.24) is 4.98 Å². The summed E-state index contributed by atoms with van der Waals surface area (Å²) in [7, 11) is 1.57. The van der Waals surface area contributed by atoms with Gasteiger partial charge in [-0.25, -0.2) is 4.98 Å². The molecular formula is C28H43NO6S. The van der Waals surface area contributed by atoms with E-state index in [2.05, 4.69) is 4.98 Å². The predicted octanol–water partition coefficient (Wildman–Crippen LogP) is 4.89. The van der Waals surface area contributed by atoms with E-state index in [1.165, 1.54) is 11.3 Å². The number of nitrogens with zero attached hydrogens (tertiary/aromatic N) is 1. The van der Waals surface area contributed by atoms with Crippen LogP contribution in [0.4, 0.5) is 0 Å². The van der Waals surface area contributed by atoms with Crippen molar-refractivity contribution in [2.45, 2.75) is 98.6 Å². The van der Waals surface area contributed by atoms with E-state index in [0.29, 0.717) is 0 Å². The maximum Gasteiger partial charge on any atom is 0.309 e. The summed E-state index contributed by atoms with van der Waals surface area (Å²) in [6, 6.07) is 0. The van der Waals surface area contributed by atoms with Crippen LogP contribution in [0.25, 0.3) is 6.08 Å². The van der Waals surface area contributed by atoms with E-state index in [-0.39, 0.29) is 18.1 Å². The van der Waals surface area contributed by atoms with Gasteiger partial charge < -0.3 is 19.7 Å². The number of aliphatic hydroxyl groups is 2. The molecule has 0 saturated carbocycles. The lowest BCUT2D eigenvalue weighted by molar-refractivity contribution is -0.157. The molecule has 0 aliphatic carbocycles. The molecule has 6 atom stereocenters. The Morgan fingerprint density at radius 3 is 2.50 bits per heavy atom. The molecule has 0 fully saturated rings. The average molecular weight is 522 g/mol. The van der Waals surface area contributed by atoms with Gasteiger partial charge in [-0.05, 0) is 57.6 Å². The van der Waals surface area contributed by atoms with Crippen LogP contribution in [0.1, 0.15) is 77.9 Å². The largest absolute Gasteiger partial charge is 0.455 e. The Labute approximate surface area is 219 Å². The fourth-order valence-corrected chi connectivity index (χ4v) is 5.27. The number of thiazole rings is 1. The van der Waals surface area contributed by atoms with E-state index in [4.69, 9.17) is 9.47 Å². The number of rotatable bonds is 3. The van der Waals surface area contributed by atoms with Crippen molar-refractivity contribution < 1.29 is 29.3 Å². The van der Waals surface area contributed by atoms with Gasteiger partial charge in [-0.15, -0.1) is 11.3 Å². The smallest absolute Gasteiger partial charge is 0.309 e. The Hall–Kier alpha value is -1.87. The number of ether oxygens (including phenoxy) is 2. The van der Waals surface area contributed by atoms with Gasteiger partial charge in [0.25, 0.3) is 0 Å². The molecule has 2 N–H and O–H groups in total. The topological polar surface area (TPSA) is 106 Å². The zero-order valence-electron chi connectivity index (χ0n) is 22.9. The Kier molecular flexibility index (Phi) is 11.0. The minimum Gasteiger partial charge on any atom is -0.455 e. The molecule has 0 radical (unpaired) electrons. The number of aromatic nitrogens is 1. The van der Waals surface area contributed by atoms with E-state index in [9.17, 15) is 19.8 Å². The normalized spacial score (nSPS) is 33.1. The third-order valence-electron chi connectivity index (χ3n) is 7.31. The highest BCUT2D eigenvalue weighted by atomic mass is 32.1. The van der Waals surface area contributed by atoms with Crippen LogP contribution in [0.5, 0.6) is 0 Å². The van der Waals surface area contributed by atoms with E-state index < -0.39 is 41.7 Å². The first kappa shape index (κ1) is 30.4. The fraction of sp³-hybridized carbons (Fsp3) is 0.679. The first-order chi connectivity index (χ1) is 16.8. The molecule has 202 valence electrons. The fourth-order valence-electron chi connectivity index (χ4n) is 4.70. The van der Waals surface area contributed by atoms with Crippen molar-refractivity contribution in [1.29, 1.82) is 0 Å². The van der Waals surface area contributed by atoms with Crippen LogP contribution in [0, 0.1) is 24.2 Å². The van der Waals surface area contributed by atoms with E-state index in [0.717, 1.165) is 41.1 Å². The second kappa shape index (κ2) is 13.1. The van der Waals surface area contributed by atoms with Gasteiger partial charge in [0.05, 0.1) is 34.7 Å². The van der Waals surface area contributed by atoms with Gasteiger partial charge in [-0.3, -0.25) is 9.59 Å². The Morgan fingerprint density at radius 1 is 1.25 bits per heavy atom. The van der Waals surface area contributed by atoms with Crippen molar-refractivity contribution in [2.75, 3.05) is 7.11 Å². The van der Waals surface area contributed by atoms with Gasteiger partial charge >= 0.3 is 5.97 Å². The molecule has 1 aliphatic rings. The highest BCUT2D eigenvalue weighted by Crippen LogP contribution is 2.32. The van der Waals surface area contributed by atoms with Gasteiger partial charge in [0.2, 0.25) is 0 Å². The van der Waals surface area contributed by atoms with Gasteiger partial charge in [0, 0.05) is 18.4 Å². The number of cyclic esters (lactones) is 1. The van der Waals surface area contributed by atoms with E-state index in [1.807, 2.05) is 45.2 Å². The molecule has 1 aromatic heterocycles. The minimum atomic E-state index is -1.26. The maximum absolute atomic E-state index is 13.2. The third kappa shape index (κ3) is 7.81. The van der Waals surface area contributed by atoms with Crippen molar-refractivity contribution in [3.05, 3.63) is 33.3 Å². The molecule has 0 amide bonds. The number of ketones is 1. The minimum absolute atomic E-state index is 0.0831. The molecule has 1 unspecified atom stereocenters. The van der Waals surface area contributed by atoms with Gasteiger partial charge in [0.1, 0.15) is 11.9 Å². The monoisotopic (exact) mass is 521 g/mol. The highest BCUT2D eigenvalue weighted by Gasteiger charge is 2.42. The number of allylic oxidation sites excluding steroid dienone is 1. The number of hydrogen-bond donors (Lipinski definition) is 2. The molecule has 2 heterocycles. The zero-order chi connectivity index (χ0) is 27.2. The van der Waals surface area contributed by atoms with Crippen LogP contribution >= 0.6 is 11.3 Å². The summed E-state index contributed by atoms with van der Waals surface area (Å²) in [5.74, 6) is -1.65. The van der Waals surface area contributed by atoms with Crippen LogP contribution in [-0.4, -0.2) is 58.5 Å². The Bertz CT molecular complexity index is 965. The lowest BCUT2D eigenvalue weighted by Crippen LogP contribution is -2.46.